The summed E-state index contributed by atoms with van der Waals surface area (Å²) in [7, 11) is 0. The zero-order valence-electron chi connectivity index (χ0n) is 20.3. The van der Waals surface area contributed by atoms with Gasteiger partial charge in [-0.1, -0.05) is 52.5 Å². The molecule has 32 heavy (non-hydrogen) atoms. The van der Waals surface area contributed by atoms with Gasteiger partial charge in [-0.2, -0.15) is 0 Å². The molecule has 1 N–H and O–H groups in total. The average molecular weight is 435 g/mol. The van der Waals surface area contributed by atoms with Crippen molar-refractivity contribution in [3.05, 3.63) is 53.6 Å². The molecular formula is C28H38N2O2. The number of hydrogen-bond donors (Lipinski definition) is 1. The van der Waals surface area contributed by atoms with E-state index in [4.69, 9.17) is 4.74 Å². The van der Waals surface area contributed by atoms with Gasteiger partial charge in [-0.25, -0.2) is 0 Å². The maximum Gasteiger partial charge on any atom is 0.127 e. The molecular weight excluding hydrogens is 396 g/mol. The monoisotopic (exact) mass is 434 g/mol. The summed E-state index contributed by atoms with van der Waals surface area (Å²) < 4.78 is 6.57. The zero-order valence-corrected chi connectivity index (χ0v) is 20.3. The van der Waals surface area contributed by atoms with Crippen molar-refractivity contribution in [2.45, 2.75) is 96.5 Å². The average Bonchev–Trinajstić information content (AvgIpc) is 2.76. The predicted octanol–water partition coefficient (Wildman–Crippen LogP) is 7.18. The van der Waals surface area contributed by atoms with Crippen molar-refractivity contribution in [2.75, 3.05) is 0 Å². The van der Waals surface area contributed by atoms with Crippen LogP contribution in [0.2, 0.25) is 0 Å². The lowest BCUT2D eigenvalue weighted by Crippen LogP contribution is -2.45. The molecule has 1 aromatic heterocycles. The Morgan fingerprint density at radius 1 is 1.16 bits per heavy atom. The van der Waals surface area contributed by atoms with Crippen molar-refractivity contribution in [1.82, 2.24) is 9.97 Å². The van der Waals surface area contributed by atoms with Crippen LogP contribution in [0.5, 0.6) is 11.5 Å². The van der Waals surface area contributed by atoms with E-state index in [0.29, 0.717) is 11.7 Å². The van der Waals surface area contributed by atoms with Gasteiger partial charge in [0.15, 0.2) is 0 Å². The highest BCUT2D eigenvalue weighted by Gasteiger charge is 2.46. The Bertz CT molecular complexity index is 978. The van der Waals surface area contributed by atoms with Gasteiger partial charge >= 0.3 is 0 Å². The molecule has 1 aromatic carbocycles. The lowest BCUT2D eigenvalue weighted by molar-refractivity contribution is 0.00908. The lowest BCUT2D eigenvalue weighted by atomic mass is 9.66. The Morgan fingerprint density at radius 2 is 1.97 bits per heavy atom. The van der Waals surface area contributed by atoms with E-state index >= 15 is 0 Å². The van der Waals surface area contributed by atoms with Gasteiger partial charge < -0.3 is 9.84 Å². The lowest BCUT2D eigenvalue weighted by Gasteiger charge is -2.47. The Kier molecular flexibility index (Phi) is 6.33. The van der Waals surface area contributed by atoms with E-state index in [1.165, 1.54) is 36.8 Å². The quantitative estimate of drug-likeness (QED) is 0.469. The standard InChI is InChI=1S/C28H38N2O2/c1-6-7-8-9-12-27(2,3)20-16-24(31)26-21-15-19(23-18-29-13-14-30-23)10-11-22(21)28(4,5)32-25(26)17-20/h10,13-14,16-18,21-22,31H,6-9,11-12,15H2,1-5H3/t21-,22-/m1/s1. The molecule has 1 aliphatic heterocycles. The van der Waals surface area contributed by atoms with Gasteiger partial charge in [-0.15, -0.1) is 0 Å². The van der Waals surface area contributed by atoms with Crippen LogP contribution in [0.3, 0.4) is 0 Å². The summed E-state index contributed by atoms with van der Waals surface area (Å²) in [5.41, 5.74) is 3.98. The van der Waals surface area contributed by atoms with Crippen LogP contribution in [0.1, 0.15) is 102 Å². The number of rotatable bonds is 7. The third-order valence-corrected chi connectivity index (χ3v) is 7.63. The third-order valence-electron chi connectivity index (χ3n) is 7.63. The van der Waals surface area contributed by atoms with Crippen molar-refractivity contribution < 1.29 is 9.84 Å². The molecule has 2 aromatic rings. The van der Waals surface area contributed by atoms with Crippen LogP contribution in [0.25, 0.3) is 5.57 Å². The summed E-state index contributed by atoms with van der Waals surface area (Å²) in [6, 6.07) is 4.20. The molecule has 4 heteroatoms. The number of phenolic OH excluding ortho intramolecular Hbond substituents is 1. The third kappa shape index (κ3) is 4.42. The van der Waals surface area contributed by atoms with Crippen molar-refractivity contribution in [3.63, 3.8) is 0 Å². The Morgan fingerprint density at radius 3 is 2.69 bits per heavy atom. The second-order valence-electron chi connectivity index (χ2n) is 10.8. The largest absolute Gasteiger partial charge is 0.508 e. The highest BCUT2D eigenvalue weighted by Crippen LogP contribution is 2.55. The van der Waals surface area contributed by atoms with Gasteiger partial charge in [0.25, 0.3) is 0 Å². The smallest absolute Gasteiger partial charge is 0.127 e. The molecule has 0 radical (unpaired) electrons. The first kappa shape index (κ1) is 22.8. The zero-order chi connectivity index (χ0) is 22.9. The number of nitrogens with zero attached hydrogens (tertiary/aromatic N) is 2. The van der Waals surface area contributed by atoms with Gasteiger partial charge in [0.1, 0.15) is 17.1 Å². The van der Waals surface area contributed by atoms with Crippen LogP contribution in [-0.2, 0) is 5.41 Å². The van der Waals surface area contributed by atoms with Gasteiger partial charge in [-0.05, 0) is 61.8 Å². The summed E-state index contributed by atoms with van der Waals surface area (Å²) in [6.07, 6.45) is 15.4. The minimum atomic E-state index is -0.293. The Labute approximate surface area is 193 Å². The van der Waals surface area contributed by atoms with Gasteiger partial charge in [0.05, 0.1) is 11.9 Å². The Balaban J connectivity index is 1.66. The highest BCUT2D eigenvalue weighted by atomic mass is 16.5. The van der Waals surface area contributed by atoms with Crippen molar-refractivity contribution >= 4 is 5.57 Å². The summed E-state index contributed by atoms with van der Waals surface area (Å²) >= 11 is 0. The number of benzene rings is 1. The summed E-state index contributed by atoms with van der Waals surface area (Å²) in [4.78, 5) is 8.77. The molecule has 2 atom stereocenters. The summed E-state index contributed by atoms with van der Waals surface area (Å²) in [5, 5.41) is 11.2. The second-order valence-corrected chi connectivity index (χ2v) is 10.8. The number of fused-ring (bicyclic) bond motifs is 3. The van der Waals surface area contributed by atoms with Crippen LogP contribution in [-0.4, -0.2) is 20.7 Å². The van der Waals surface area contributed by atoms with E-state index in [1.807, 2.05) is 12.3 Å². The van der Waals surface area contributed by atoms with E-state index in [2.05, 4.69) is 56.7 Å². The van der Waals surface area contributed by atoms with E-state index in [-0.39, 0.29) is 16.9 Å². The number of hydrogen-bond acceptors (Lipinski definition) is 4. The number of phenols is 1. The van der Waals surface area contributed by atoms with Gasteiger partial charge in [0, 0.05) is 29.8 Å². The molecule has 1 aliphatic carbocycles. The predicted molar refractivity (Wildman–Crippen MR) is 130 cm³/mol. The van der Waals surface area contributed by atoms with Crippen LogP contribution in [0, 0.1) is 5.92 Å². The molecule has 172 valence electrons. The van der Waals surface area contributed by atoms with Crippen LogP contribution < -0.4 is 4.74 Å². The molecule has 4 nitrogen and oxygen atoms in total. The molecule has 0 unspecified atom stereocenters. The molecule has 2 aliphatic rings. The molecule has 0 fully saturated rings. The maximum absolute atomic E-state index is 11.2. The number of ether oxygens (including phenoxy) is 1. The van der Waals surface area contributed by atoms with Crippen LogP contribution >= 0.6 is 0 Å². The molecule has 0 saturated carbocycles. The SMILES string of the molecule is CCCCCCC(C)(C)c1cc(O)c2c(c1)OC(C)(C)[C@@H]1CC=C(c3cnccn3)C[C@@H]21. The first-order valence-corrected chi connectivity index (χ1v) is 12.2. The first-order valence-electron chi connectivity index (χ1n) is 12.2. The second kappa shape index (κ2) is 8.88. The van der Waals surface area contributed by atoms with Gasteiger partial charge in [0.2, 0.25) is 0 Å². The molecule has 0 saturated heterocycles. The van der Waals surface area contributed by atoms with Crippen molar-refractivity contribution in [3.8, 4) is 11.5 Å². The van der Waals surface area contributed by atoms with E-state index < -0.39 is 0 Å². The van der Waals surface area contributed by atoms with Crippen LogP contribution in [0.15, 0.2) is 36.8 Å². The summed E-state index contributed by atoms with van der Waals surface area (Å²) in [5.74, 6) is 1.75. The minimum Gasteiger partial charge on any atom is -0.508 e. The highest BCUT2D eigenvalue weighted by molar-refractivity contribution is 5.66. The topological polar surface area (TPSA) is 55.2 Å². The Hall–Kier alpha value is -2.36. The molecule has 4 rings (SSSR count). The van der Waals surface area contributed by atoms with Crippen LogP contribution in [0.4, 0.5) is 0 Å². The summed E-state index contributed by atoms with van der Waals surface area (Å²) in [6.45, 7) is 11.2. The number of allylic oxidation sites excluding steroid dienone is 2. The van der Waals surface area contributed by atoms with E-state index in [1.54, 1.807) is 12.4 Å². The van der Waals surface area contributed by atoms with Crippen molar-refractivity contribution in [2.24, 2.45) is 5.92 Å². The molecule has 0 bridgehead atoms. The fraction of sp³-hybridized carbons (Fsp3) is 0.571. The number of unbranched alkanes of at least 4 members (excludes halogenated alkanes) is 3. The molecule has 2 heterocycles. The maximum atomic E-state index is 11.2. The van der Waals surface area contributed by atoms with E-state index in [0.717, 1.165) is 36.3 Å². The van der Waals surface area contributed by atoms with Crippen molar-refractivity contribution in [1.29, 1.82) is 0 Å². The fourth-order valence-corrected chi connectivity index (χ4v) is 5.60. The minimum absolute atomic E-state index is 0.00184. The fourth-order valence-electron chi connectivity index (χ4n) is 5.60. The number of aromatic hydroxyl groups is 1. The number of aromatic nitrogens is 2. The van der Waals surface area contributed by atoms with E-state index in [9.17, 15) is 5.11 Å². The first-order chi connectivity index (χ1) is 15.2. The normalized spacial score (nSPS) is 21.8. The van der Waals surface area contributed by atoms with Gasteiger partial charge in [-0.3, -0.25) is 9.97 Å². The molecule has 0 spiro atoms. The molecule has 0 amide bonds.